The van der Waals surface area contributed by atoms with Gasteiger partial charge >= 0.3 is 6.09 Å². The van der Waals surface area contributed by atoms with Crippen LogP contribution in [0.4, 0.5) is 4.79 Å². The molecular formula is C20H25N3O5S. The van der Waals surface area contributed by atoms with Crippen LogP contribution >= 0.6 is 0 Å². The highest BCUT2D eigenvalue weighted by molar-refractivity contribution is 7.89. The summed E-state index contributed by atoms with van der Waals surface area (Å²) in [5.74, 6) is -0.348. The van der Waals surface area contributed by atoms with E-state index in [2.05, 4.69) is 15.4 Å². The largest absolute Gasteiger partial charge is 0.465 e. The number of carboxylic acid groups (broad SMARTS) is 1. The normalized spacial score (nSPS) is 11.7. The number of hydrogen-bond donors (Lipinski definition) is 4. The molecule has 0 bridgehead atoms. The summed E-state index contributed by atoms with van der Waals surface area (Å²) in [5, 5.41) is 13.3. The average Bonchev–Trinajstić information content (AvgIpc) is 2.63. The van der Waals surface area contributed by atoms with Gasteiger partial charge in [-0.2, -0.15) is 0 Å². The highest BCUT2D eigenvalue weighted by Crippen LogP contribution is 2.28. The molecule has 9 heteroatoms. The summed E-state index contributed by atoms with van der Waals surface area (Å²) in [4.78, 5) is 22.7. The number of amides is 2. The lowest BCUT2D eigenvalue weighted by atomic mass is 10.0. The van der Waals surface area contributed by atoms with Crippen LogP contribution in [0.3, 0.4) is 0 Å². The Morgan fingerprint density at radius 3 is 2.10 bits per heavy atom. The maximum absolute atomic E-state index is 12.8. The first kappa shape index (κ1) is 22.4. The van der Waals surface area contributed by atoms with Gasteiger partial charge in [0.05, 0.1) is 4.90 Å². The van der Waals surface area contributed by atoms with Crippen molar-refractivity contribution in [1.29, 1.82) is 0 Å². The summed E-state index contributed by atoms with van der Waals surface area (Å²) < 4.78 is 28.2. The van der Waals surface area contributed by atoms with Crippen molar-refractivity contribution < 1.29 is 23.1 Å². The number of rotatable bonds is 7. The smallest absolute Gasteiger partial charge is 0.404 e. The number of sulfonamides is 1. The molecule has 29 heavy (non-hydrogen) atoms. The Kier molecular flexibility index (Phi) is 6.99. The van der Waals surface area contributed by atoms with Gasteiger partial charge in [-0.15, -0.1) is 0 Å². The van der Waals surface area contributed by atoms with Gasteiger partial charge in [-0.1, -0.05) is 30.3 Å². The minimum atomic E-state index is -3.73. The Morgan fingerprint density at radius 2 is 1.52 bits per heavy atom. The highest BCUT2D eigenvalue weighted by Gasteiger charge is 2.24. The molecule has 0 fully saturated rings. The van der Waals surface area contributed by atoms with Crippen molar-refractivity contribution in [2.45, 2.75) is 31.2 Å². The second-order valence-corrected chi connectivity index (χ2v) is 9.07. The standard InChI is InChI=1S/C20H25N3O5S/c1-20(2,3)23-29(27,28)17-7-5-4-6-16(17)14-8-10-15(11-9-14)18(24)21-12-13-22-19(25)26/h4-11,22-23H,12-13H2,1-3H3,(H,21,24)(H,25,26). The Morgan fingerprint density at radius 1 is 0.931 bits per heavy atom. The van der Waals surface area contributed by atoms with Gasteiger partial charge in [-0.3, -0.25) is 4.79 Å². The molecule has 0 heterocycles. The molecule has 0 aliphatic heterocycles. The van der Waals surface area contributed by atoms with E-state index < -0.39 is 21.7 Å². The first-order chi connectivity index (χ1) is 13.5. The van der Waals surface area contributed by atoms with Gasteiger partial charge in [-0.05, 0) is 44.5 Å². The zero-order valence-corrected chi connectivity index (χ0v) is 17.3. The zero-order chi connectivity index (χ0) is 21.7. The van der Waals surface area contributed by atoms with Crippen molar-refractivity contribution in [3.05, 3.63) is 54.1 Å². The van der Waals surface area contributed by atoms with Crippen LogP contribution in [0.25, 0.3) is 11.1 Å². The molecule has 0 saturated carbocycles. The Labute approximate surface area is 170 Å². The van der Waals surface area contributed by atoms with Gasteiger partial charge in [0.15, 0.2) is 0 Å². The van der Waals surface area contributed by atoms with Gasteiger partial charge in [0, 0.05) is 29.8 Å². The third-order valence-corrected chi connectivity index (χ3v) is 5.58. The molecule has 0 unspecified atom stereocenters. The molecule has 156 valence electrons. The van der Waals surface area contributed by atoms with E-state index >= 15 is 0 Å². The summed E-state index contributed by atoms with van der Waals surface area (Å²) in [6, 6.07) is 13.2. The van der Waals surface area contributed by atoms with E-state index in [1.54, 1.807) is 69.3 Å². The van der Waals surface area contributed by atoms with E-state index in [0.29, 0.717) is 16.7 Å². The van der Waals surface area contributed by atoms with Crippen molar-refractivity contribution in [3.8, 4) is 11.1 Å². The molecule has 2 aromatic rings. The summed E-state index contributed by atoms with van der Waals surface area (Å²) >= 11 is 0. The third kappa shape index (κ3) is 6.58. The maximum Gasteiger partial charge on any atom is 0.404 e. The predicted octanol–water partition coefficient (Wildman–Crippen LogP) is 2.43. The van der Waals surface area contributed by atoms with Gasteiger partial charge in [0.25, 0.3) is 5.91 Å². The van der Waals surface area contributed by atoms with Crippen LogP contribution in [-0.4, -0.2) is 44.2 Å². The van der Waals surface area contributed by atoms with Crippen LogP contribution < -0.4 is 15.4 Å². The fourth-order valence-corrected chi connectivity index (χ4v) is 4.30. The predicted molar refractivity (Wildman–Crippen MR) is 110 cm³/mol. The van der Waals surface area contributed by atoms with E-state index in [-0.39, 0.29) is 23.9 Å². The molecule has 2 rings (SSSR count). The zero-order valence-electron chi connectivity index (χ0n) is 16.5. The quantitative estimate of drug-likeness (QED) is 0.513. The molecule has 0 saturated heterocycles. The molecule has 2 amide bonds. The van der Waals surface area contributed by atoms with Crippen molar-refractivity contribution in [3.63, 3.8) is 0 Å². The fourth-order valence-electron chi connectivity index (χ4n) is 2.65. The molecule has 4 N–H and O–H groups in total. The Hall–Kier alpha value is -2.91. The fraction of sp³-hybridized carbons (Fsp3) is 0.300. The summed E-state index contributed by atoms with van der Waals surface area (Å²) in [7, 11) is -3.73. The second-order valence-electron chi connectivity index (χ2n) is 7.42. The average molecular weight is 420 g/mol. The Bertz CT molecular complexity index is 980. The molecule has 0 atom stereocenters. The number of carbonyl (C=O) groups is 2. The van der Waals surface area contributed by atoms with Gasteiger partial charge in [0.2, 0.25) is 10.0 Å². The minimum Gasteiger partial charge on any atom is -0.465 e. The van der Waals surface area contributed by atoms with Crippen LogP contribution in [-0.2, 0) is 10.0 Å². The van der Waals surface area contributed by atoms with Crippen molar-refractivity contribution in [1.82, 2.24) is 15.4 Å². The maximum atomic E-state index is 12.8. The molecule has 2 aromatic carbocycles. The first-order valence-corrected chi connectivity index (χ1v) is 10.5. The van der Waals surface area contributed by atoms with Crippen LogP contribution in [0.2, 0.25) is 0 Å². The topological polar surface area (TPSA) is 125 Å². The minimum absolute atomic E-state index is 0.102. The third-order valence-electron chi connectivity index (χ3n) is 3.76. The number of hydrogen-bond acceptors (Lipinski definition) is 4. The van der Waals surface area contributed by atoms with Crippen molar-refractivity contribution >= 4 is 22.0 Å². The van der Waals surface area contributed by atoms with Crippen LogP contribution in [0, 0.1) is 0 Å². The number of nitrogens with one attached hydrogen (secondary N) is 3. The van der Waals surface area contributed by atoms with Gasteiger partial charge in [-0.25, -0.2) is 17.9 Å². The number of carbonyl (C=O) groups excluding carboxylic acids is 1. The molecule has 0 aliphatic carbocycles. The van der Waals surface area contributed by atoms with E-state index in [4.69, 9.17) is 5.11 Å². The summed E-state index contributed by atoms with van der Waals surface area (Å²) in [5.41, 5.74) is 0.951. The van der Waals surface area contributed by atoms with Gasteiger partial charge in [0.1, 0.15) is 0 Å². The molecule has 0 spiro atoms. The summed E-state index contributed by atoms with van der Waals surface area (Å²) in [6.07, 6.45) is -1.15. The SMILES string of the molecule is CC(C)(C)NS(=O)(=O)c1ccccc1-c1ccc(C(=O)NCCNC(=O)O)cc1. The lowest BCUT2D eigenvalue weighted by molar-refractivity contribution is 0.0953. The van der Waals surface area contributed by atoms with E-state index in [1.807, 2.05) is 0 Å². The van der Waals surface area contributed by atoms with Crippen molar-refractivity contribution in [2.24, 2.45) is 0 Å². The molecule has 0 radical (unpaired) electrons. The number of benzene rings is 2. The van der Waals surface area contributed by atoms with E-state index in [9.17, 15) is 18.0 Å². The van der Waals surface area contributed by atoms with E-state index in [1.165, 1.54) is 0 Å². The van der Waals surface area contributed by atoms with Crippen molar-refractivity contribution in [2.75, 3.05) is 13.1 Å². The van der Waals surface area contributed by atoms with Crippen LogP contribution in [0.1, 0.15) is 31.1 Å². The van der Waals surface area contributed by atoms with Crippen LogP contribution in [0.5, 0.6) is 0 Å². The molecule has 0 aliphatic rings. The van der Waals surface area contributed by atoms with E-state index in [0.717, 1.165) is 0 Å². The first-order valence-electron chi connectivity index (χ1n) is 8.98. The van der Waals surface area contributed by atoms with Gasteiger partial charge < -0.3 is 15.7 Å². The molecule has 8 nitrogen and oxygen atoms in total. The lowest BCUT2D eigenvalue weighted by Crippen LogP contribution is -2.40. The molecular weight excluding hydrogens is 394 g/mol. The lowest BCUT2D eigenvalue weighted by Gasteiger charge is -2.21. The monoisotopic (exact) mass is 419 g/mol. The highest BCUT2D eigenvalue weighted by atomic mass is 32.2. The van der Waals surface area contributed by atoms with Crippen LogP contribution in [0.15, 0.2) is 53.4 Å². The Balaban J connectivity index is 2.21. The summed E-state index contributed by atoms with van der Waals surface area (Å²) in [6.45, 7) is 5.57. The molecule has 0 aromatic heterocycles. The second kappa shape index (κ2) is 9.06.